The van der Waals surface area contributed by atoms with E-state index in [1.165, 1.54) is 22.9 Å². The van der Waals surface area contributed by atoms with E-state index in [-0.39, 0.29) is 59.2 Å². The van der Waals surface area contributed by atoms with Gasteiger partial charge in [-0.2, -0.15) is 0 Å². The molecular formula is C44H51F2N9O4. The Morgan fingerprint density at radius 1 is 0.797 bits per heavy atom. The summed E-state index contributed by atoms with van der Waals surface area (Å²) in [5.41, 5.74) is 2.21. The van der Waals surface area contributed by atoms with Gasteiger partial charge in [-0.3, -0.25) is 29.1 Å². The Labute approximate surface area is 342 Å². The molecule has 2 aromatic heterocycles. The van der Waals surface area contributed by atoms with Crippen LogP contribution in [0.3, 0.4) is 0 Å². The summed E-state index contributed by atoms with van der Waals surface area (Å²) in [5.74, 6) is -0.544. The molecule has 4 aliphatic rings. The van der Waals surface area contributed by atoms with E-state index in [1.807, 2.05) is 0 Å². The average molecular weight is 808 g/mol. The Hall–Kier alpha value is -5.70. The molecule has 0 spiro atoms. The molecule has 2 aromatic carbocycles. The summed E-state index contributed by atoms with van der Waals surface area (Å²) in [6.45, 7) is 4.30. The lowest BCUT2D eigenvalue weighted by molar-refractivity contribution is -0.133. The number of carbonyl (C=O) groups excluding carboxylic acids is 3. The Bertz CT molecular complexity index is 2210. The van der Waals surface area contributed by atoms with Gasteiger partial charge in [0.15, 0.2) is 5.82 Å². The van der Waals surface area contributed by atoms with Gasteiger partial charge in [-0.1, -0.05) is 18.2 Å². The third kappa shape index (κ3) is 9.78. The SMILES string of the molecule is O=C1CCC(Nc2ccc(N3CCC(CN4CCC(C(=O)NC5CCC(Nc6ncc(F)c(-c7cccc(-n8ccccc8=O)c7)n6)CC5)CC4)CC3)c(F)c2)C(=O)N1. The Balaban J connectivity index is 0.743. The second-order valence-corrected chi connectivity index (χ2v) is 16.4. The first-order valence-electron chi connectivity index (χ1n) is 20.9. The molecule has 59 heavy (non-hydrogen) atoms. The van der Waals surface area contributed by atoms with Crippen molar-refractivity contribution in [3.8, 4) is 16.9 Å². The van der Waals surface area contributed by atoms with Gasteiger partial charge in [0, 0.05) is 73.3 Å². The fraction of sp³-hybridized carbons (Fsp3) is 0.455. The maximum Gasteiger partial charge on any atom is 0.255 e. The van der Waals surface area contributed by atoms with Crippen LogP contribution < -0.4 is 31.7 Å². The van der Waals surface area contributed by atoms with Crippen LogP contribution in [0.1, 0.15) is 64.2 Å². The topological polar surface area (TPSA) is 154 Å². The number of amides is 3. The number of piperidine rings is 3. The quantitative estimate of drug-likeness (QED) is 0.148. The van der Waals surface area contributed by atoms with Gasteiger partial charge in [-0.15, -0.1) is 0 Å². The summed E-state index contributed by atoms with van der Waals surface area (Å²) in [5, 5.41) is 12.1. The summed E-state index contributed by atoms with van der Waals surface area (Å²) < 4.78 is 31.7. The number of nitrogens with one attached hydrogen (secondary N) is 4. The number of anilines is 3. The fourth-order valence-electron chi connectivity index (χ4n) is 8.95. The number of pyridine rings is 1. The van der Waals surface area contributed by atoms with Crippen molar-refractivity contribution in [2.45, 2.75) is 82.3 Å². The summed E-state index contributed by atoms with van der Waals surface area (Å²) in [7, 11) is 0. The van der Waals surface area contributed by atoms with Crippen molar-refractivity contribution >= 4 is 35.0 Å². The second kappa shape index (κ2) is 18.1. The molecule has 1 saturated carbocycles. The molecule has 0 radical (unpaired) electrons. The van der Waals surface area contributed by atoms with E-state index in [4.69, 9.17) is 0 Å². The first-order chi connectivity index (χ1) is 28.6. The van der Waals surface area contributed by atoms with E-state index < -0.39 is 11.9 Å². The van der Waals surface area contributed by atoms with E-state index in [1.54, 1.807) is 54.7 Å². The standard InChI is InChI=1S/C44H51F2N9O4/c45-35-25-33(48-37-12-14-39(56)51-43(37)59)11-13-38(35)54-22-15-28(16-23-54)27-53-20-17-29(18-21-53)42(58)49-31-7-9-32(10-8-31)50-44-47-26-36(46)41(52-44)30-4-3-5-34(24-30)55-19-2-1-6-40(55)57/h1-6,11,13,19,24-26,28-29,31-32,37,48H,7-10,12,14-18,20-23,27H2,(H,49,58)(H,47,50,52)(H,51,56,59). The minimum atomic E-state index is -0.557. The molecule has 15 heteroatoms. The summed E-state index contributed by atoms with van der Waals surface area (Å²) in [4.78, 5) is 62.5. The van der Waals surface area contributed by atoms with Crippen LogP contribution in [0.4, 0.5) is 26.1 Å². The van der Waals surface area contributed by atoms with E-state index in [2.05, 4.69) is 41.0 Å². The molecule has 1 atom stereocenters. The van der Waals surface area contributed by atoms with Gasteiger partial charge in [0.05, 0.1) is 11.9 Å². The minimum Gasteiger partial charge on any atom is -0.374 e. The van der Waals surface area contributed by atoms with Crippen molar-refractivity contribution in [1.82, 2.24) is 30.1 Å². The monoisotopic (exact) mass is 807 g/mol. The van der Waals surface area contributed by atoms with E-state index in [0.717, 1.165) is 84.1 Å². The largest absolute Gasteiger partial charge is 0.374 e. The minimum absolute atomic E-state index is 0.00410. The molecule has 8 rings (SSSR count). The number of hydrogen-bond acceptors (Lipinski definition) is 10. The van der Waals surface area contributed by atoms with Gasteiger partial charge in [0.25, 0.3) is 5.56 Å². The van der Waals surface area contributed by atoms with Gasteiger partial charge in [-0.25, -0.2) is 18.7 Å². The molecular weight excluding hydrogens is 757 g/mol. The van der Waals surface area contributed by atoms with Crippen LogP contribution >= 0.6 is 0 Å². The zero-order chi connectivity index (χ0) is 40.9. The van der Waals surface area contributed by atoms with Crippen molar-refractivity contribution in [2.75, 3.05) is 48.3 Å². The number of carbonyl (C=O) groups is 3. The van der Waals surface area contributed by atoms with Crippen LogP contribution in [0.2, 0.25) is 0 Å². The van der Waals surface area contributed by atoms with Crippen LogP contribution in [0.25, 0.3) is 16.9 Å². The van der Waals surface area contributed by atoms with Gasteiger partial charge in [0.2, 0.25) is 23.7 Å². The summed E-state index contributed by atoms with van der Waals surface area (Å²) >= 11 is 0. The number of imide groups is 1. The molecule has 1 aliphatic carbocycles. The number of benzene rings is 2. The second-order valence-electron chi connectivity index (χ2n) is 16.4. The van der Waals surface area contributed by atoms with E-state index in [9.17, 15) is 23.6 Å². The molecule has 3 aliphatic heterocycles. The lowest BCUT2D eigenvalue weighted by atomic mass is 9.89. The molecule has 4 N–H and O–H groups in total. The molecule has 3 saturated heterocycles. The molecule has 13 nitrogen and oxygen atoms in total. The van der Waals surface area contributed by atoms with Crippen molar-refractivity contribution < 1.29 is 23.2 Å². The van der Waals surface area contributed by atoms with Gasteiger partial charge >= 0.3 is 0 Å². The molecule has 4 aromatic rings. The van der Waals surface area contributed by atoms with Crippen molar-refractivity contribution in [1.29, 1.82) is 0 Å². The average Bonchev–Trinajstić information content (AvgIpc) is 3.24. The number of rotatable bonds is 11. The maximum absolute atomic E-state index is 15.2. The first-order valence-corrected chi connectivity index (χ1v) is 20.9. The van der Waals surface area contributed by atoms with Crippen molar-refractivity contribution in [3.05, 3.63) is 95.0 Å². The molecule has 3 amide bonds. The predicted molar refractivity (Wildman–Crippen MR) is 221 cm³/mol. The summed E-state index contributed by atoms with van der Waals surface area (Å²) in [6.07, 6.45) is 10.4. The maximum atomic E-state index is 15.2. The molecule has 5 heterocycles. The van der Waals surface area contributed by atoms with Crippen LogP contribution in [0.15, 0.2) is 77.9 Å². The van der Waals surface area contributed by atoms with Crippen LogP contribution in [0, 0.1) is 23.5 Å². The Morgan fingerprint density at radius 2 is 1.58 bits per heavy atom. The molecule has 0 bridgehead atoms. The smallest absolute Gasteiger partial charge is 0.255 e. The molecule has 4 fully saturated rings. The Kier molecular flexibility index (Phi) is 12.3. The Morgan fingerprint density at radius 3 is 2.32 bits per heavy atom. The van der Waals surface area contributed by atoms with E-state index >= 15 is 4.39 Å². The van der Waals surface area contributed by atoms with Gasteiger partial charge in [-0.05, 0) is 113 Å². The van der Waals surface area contributed by atoms with Crippen molar-refractivity contribution in [2.24, 2.45) is 11.8 Å². The zero-order valence-electron chi connectivity index (χ0n) is 33.0. The number of hydrogen-bond donors (Lipinski definition) is 4. The number of nitrogens with zero attached hydrogens (tertiary/aromatic N) is 5. The lowest BCUT2D eigenvalue weighted by Crippen LogP contribution is -2.47. The summed E-state index contributed by atoms with van der Waals surface area (Å²) in [6, 6.07) is 16.6. The van der Waals surface area contributed by atoms with Crippen LogP contribution in [-0.2, 0) is 14.4 Å². The van der Waals surface area contributed by atoms with E-state index in [0.29, 0.717) is 40.9 Å². The number of aromatic nitrogens is 3. The van der Waals surface area contributed by atoms with Gasteiger partial charge < -0.3 is 25.8 Å². The van der Waals surface area contributed by atoms with Crippen LogP contribution in [-0.4, -0.2) is 88.0 Å². The zero-order valence-corrected chi connectivity index (χ0v) is 33.0. The highest BCUT2D eigenvalue weighted by molar-refractivity contribution is 6.01. The first kappa shape index (κ1) is 40.1. The van der Waals surface area contributed by atoms with Gasteiger partial charge in [0.1, 0.15) is 17.6 Å². The van der Waals surface area contributed by atoms with Crippen LogP contribution in [0.5, 0.6) is 0 Å². The highest BCUT2D eigenvalue weighted by Gasteiger charge is 2.31. The highest BCUT2D eigenvalue weighted by Crippen LogP contribution is 2.31. The highest BCUT2D eigenvalue weighted by atomic mass is 19.1. The molecule has 310 valence electrons. The van der Waals surface area contributed by atoms with Crippen molar-refractivity contribution in [3.63, 3.8) is 0 Å². The normalized spacial score (nSPS) is 22.1. The lowest BCUT2D eigenvalue weighted by Gasteiger charge is -2.38. The number of likely N-dealkylation sites (tertiary alicyclic amines) is 1. The number of halogens is 2. The third-order valence-corrected chi connectivity index (χ3v) is 12.3. The third-order valence-electron chi connectivity index (χ3n) is 12.3. The molecule has 1 unspecified atom stereocenters. The predicted octanol–water partition coefficient (Wildman–Crippen LogP) is 5.26. The fourth-order valence-corrected chi connectivity index (χ4v) is 8.95.